The molecule has 146 valence electrons. The molecule has 0 radical (unpaired) electrons. The average Bonchev–Trinajstić information content (AvgIpc) is 2.65. The van der Waals surface area contributed by atoms with Crippen molar-refractivity contribution in [3.63, 3.8) is 0 Å². The second-order valence-electron chi connectivity index (χ2n) is 6.76. The van der Waals surface area contributed by atoms with Gasteiger partial charge in [0.2, 0.25) is 15.9 Å². The van der Waals surface area contributed by atoms with Crippen molar-refractivity contribution < 1.29 is 13.2 Å². The molecule has 26 heavy (non-hydrogen) atoms. The number of nitrogens with zero attached hydrogens (tertiary/aromatic N) is 2. The molecule has 2 rings (SSSR count). The molecule has 1 fully saturated rings. The first kappa shape index (κ1) is 20.9. The Hall–Kier alpha value is -1.44. The van der Waals surface area contributed by atoms with Crippen molar-refractivity contribution in [2.75, 3.05) is 39.3 Å². The Morgan fingerprint density at radius 3 is 2.50 bits per heavy atom. The SMILES string of the molecule is CCCCCN(CCC(=O)N1CCNCC1)S(=O)(=O)c1ccccc1C. The lowest BCUT2D eigenvalue weighted by molar-refractivity contribution is -0.131. The third-order valence-corrected chi connectivity index (χ3v) is 6.83. The summed E-state index contributed by atoms with van der Waals surface area (Å²) in [4.78, 5) is 14.6. The molecule has 1 amide bonds. The van der Waals surface area contributed by atoms with Crippen LogP contribution in [0.5, 0.6) is 0 Å². The van der Waals surface area contributed by atoms with E-state index in [1.807, 2.05) is 24.0 Å². The highest BCUT2D eigenvalue weighted by atomic mass is 32.2. The molecule has 0 aromatic heterocycles. The summed E-state index contributed by atoms with van der Waals surface area (Å²) in [6, 6.07) is 7.04. The lowest BCUT2D eigenvalue weighted by Crippen LogP contribution is -2.47. The van der Waals surface area contributed by atoms with Gasteiger partial charge in [-0.3, -0.25) is 4.79 Å². The second kappa shape index (κ2) is 10.0. The van der Waals surface area contributed by atoms with Crippen LogP contribution in [0.1, 0.15) is 38.2 Å². The molecule has 1 saturated heterocycles. The summed E-state index contributed by atoms with van der Waals surface area (Å²) in [6.45, 7) is 7.58. The summed E-state index contributed by atoms with van der Waals surface area (Å²) in [6.07, 6.45) is 3.05. The zero-order chi connectivity index (χ0) is 19.0. The van der Waals surface area contributed by atoms with Gasteiger partial charge in [-0.05, 0) is 25.0 Å². The first-order valence-electron chi connectivity index (χ1n) is 9.51. The molecule has 6 nitrogen and oxygen atoms in total. The number of amides is 1. The molecule has 1 aromatic rings. The summed E-state index contributed by atoms with van der Waals surface area (Å²) in [5, 5.41) is 3.22. The van der Waals surface area contributed by atoms with Crippen LogP contribution in [0.3, 0.4) is 0 Å². The minimum atomic E-state index is -3.59. The summed E-state index contributed by atoms with van der Waals surface area (Å²) in [5.41, 5.74) is 0.737. The zero-order valence-electron chi connectivity index (χ0n) is 15.9. The summed E-state index contributed by atoms with van der Waals surface area (Å²) in [7, 11) is -3.59. The number of rotatable bonds is 9. The Bertz CT molecular complexity index is 685. The highest BCUT2D eigenvalue weighted by Crippen LogP contribution is 2.20. The number of carbonyl (C=O) groups excluding carboxylic acids is 1. The van der Waals surface area contributed by atoms with E-state index in [0.29, 0.717) is 24.5 Å². The maximum absolute atomic E-state index is 13.1. The van der Waals surface area contributed by atoms with Gasteiger partial charge in [0, 0.05) is 45.7 Å². The predicted octanol–water partition coefficient (Wildman–Crippen LogP) is 2.00. The topological polar surface area (TPSA) is 69.7 Å². The lowest BCUT2D eigenvalue weighted by Gasteiger charge is -2.29. The lowest BCUT2D eigenvalue weighted by atomic mass is 10.2. The van der Waals surface area contributed by atoms with Gasteiger partial charge in [0.25, 0.3) is 0 Å². The molecule has 1 aliphatic rings. The number of hydrogen-bond donors (Lipinski definition) is 1. The molecule has 0 atom stereocenters. The molecule has 0 aliphatic carbocycles. The van der Waals surface area contributed by atoms with Crippen LogP contribution in [-0.4, -0.2) is 62.8 Å². The third kappa shape index (κ3) is 5.53. The quantitative estimate of drug-likeness (QED) is 0.664. The van der Waals surface area contributed by atoms with Gasteiger partial charge in [-0.15, -0.1) is 0 Å². The maximum Gasteiger partial charge on any atom is 0.243 e. The number of nitrogens with one attached hydrogen (secondary N) is 1. The van der Waals surface area contributed by atoms with E-state index in [9.17, 15) is 13.2 Å². The standard InChI is InChI=1S/C19H31N3O3S/c1-3-4-7-13-22(14-10-19(23)21-15-11-20-12-16-21)26(24,25)18-9-6-5-8-17(18)2/h5-6,8-9,20H,3-4,7,10-16H2,1-2H3. The van der Waals surface area contributed by atoms with Gasteiger partial charge in [0.05, 0.1) is 4.90 Å². The van der Waals surface area contributed by atoms with Crippen LogP contribution >= 0.6 is 0 Å². The van der Waals surface area contributed by atoms with Gasteiger partial charge >= 0.3 is 0 Å². The Morgan fingerprint density at radius 2 is 1.85 bits per heavy atom. The Labute approximate surface area is 157 Å². The fraction of sp³-hybridized carbons (Fsp3) is 0.632. The van der Waals surface area contributed by atoms with Gasteiger partial charge in [0.1, 0.15) is 0 Å². The first-order valence-corrected chi connectivity index (χ1v) is 10.9. The van der Waals surface area contributed by atoms with Crippen molar-refractivity contribution in [2.45, 2.75) is 44.4 Å². The maximum atomic E-state index is 13.1. The molecule has 1 N–H and O–H groups in total. The molecule has 0 unspecified atom stereocenters. The predicted molar refractivity (Wildman–Crippen MR) is 104 cm³/mol. The Balaban J connectivity index is 2.09. The van der Waals surface area contributed by atoms with Crippen LogP contribution in [0.2, 0.25) is 0 Å². The highest BCUT2D eigenvalue weighted by molar-refractivity contribution is 7.89. The van der Waals surface area contributed by atoms with Crippen LogP contribution in [0, 0.1) is 6.92 Å². The molecule has 0 saturated carbocycles. The first-order chi connectivity index (χ1) is 12.5. The van der Waals surface area contributed by atoms with E-state index >= 15 is 0 Å². The molecule has 1 aliphatic heterocycles. The van der Waals surface area contributed by atoms with E-state index in [2.05, 4.69) is 12.2 Å². The summed E-state index contributed by atoms with van der Waals surface area (Å²) in [5.74, 6) is 0.0342. The largest absolute Gasteiger partial charge is 0.340 e. The number of unbranched alkanes of at least 4 members (excludes halogenated alkanes) is 2. The smallest absolute Gasteiger partial charge is 0.243 e. The number of piperazine rings is 1. The van der Waals surface area contributed by atoms with E-state index in [1.165, 1.54) is 4.31 Å². The molecule has 1 aromatic carbocycles. The monoisotopic (exact) mass is 381 g/mol. The molecule has 1 heterocycles. The van der Waals surface area contributed by atoms with Crippen LogP contribution in [-0.2, 0) is 14.8 Å². The summed E-state index contributed by atoms with van der Waals surface area (Å²) >= 11 is 0. The van der Waals surface area contributed by atoms with Crippen LogP contribution in [0.25, 0.3) is 0 Å². The highest BCUT2D eigenvalue weighted by Gasteiger charge is 2.27. The van der Waals surface area contributed by atoms with E-state index in [-0.39, 0.29) is 18.9 Å². The van der Waals surface area contributed by atoms with E-state index in [4.69, 9.17) is 0 Å². The van der Waals surface area contributed by atoms with Crippen molar-refractivity contribution in [2.24, 2.45) is 0 Å². The Morgan fingerprint density at radius 1 is 1.15 bits per heavy atom. The zero-order valence-corrected chi connectivity index (χ0v) is 16.7. The molecular formula is C19H31N3O3S. The van der Waals surface area contributed by atoms with Crippen LogP contribution in [0.4, 0.5) is 0 Å². The number of sulfonamides is 1. The number of aryl methyl sites for hydroxylation is 1. The molecular weight excluding hydrogens is 350 g/mol. The normalized spacial score (nSPS) is 15.4. The second-order valence-corrected chi connectivity index (χ2v) is 8.66. The number of hydrogen-bond acceptors (Lipinski definition) is 4. The van der Waals surface area contributed by atoms with Crippen molar-refractivity contribution in [1.29, 1.82) is 0 Å². The fourth-order valence-electron chi connectivity index (χ4n) is 3.17. The third-order valence-electron chi connectivity index (χ3n) is 4.77. The molecule has 0 spiro atoms. The van der Waals surface area contributed by atoms with Crippen molar-refractivity contribution >= 4 is 15.9 Å². The molecule has 7 heteroatoms. The fourth-order valence-corrected chi connectivity index (χ4v) is 4.87. The minimum absolute atomic E-state index is 0.0342. The van der Waals surface area contributed by atoms with Gasteiger partial charge in [-0.1, -0.05) is 38.0 Å². The van der Waals surface area contributed by atoms with E-state index in [0.717, 1.165) is 37.9 Å². The van der Waals surface area contributed by atoms with Crippen LogP contribution < -0.4 is 5.32 Å². The average molecular weight is 382 g/mol. The number of benzene rings is 1. The van der Waals surface area contributed by atoms with Gasteiger partial charge < -0.3 is 10.2 Å². The molecule has 0 bridgehead atoms. The summed E-state index contributed by atoms with van der Waals surface area (Å²) < 4.78 is 27.7. The van der Waals surface area contributed by atoms with E-state index < -0.39 is 10.0 Å². The number of carbonyl (C=O) groups is 1. The Kier molecular flexibility index (Phi) is 8.06. The van der Waals surface area contributed by atoms with Gasteiger partial charge in [0.15, 0.2) is 0 Å². The van der Waals surface area contributed by atoms with Gasteiger partial charge in [-0.25, -0.2) is 8.42 Å². The van der Waals surface area contributed by atoms with Crippen LogP contribution in [0.15, 0.2) is 29.2 Å². The van der Waals surface area contributed by atoms with Crippen molar-refractivity contribution in [3.8, 4) is 0 Å². The minimum Gasteiger partial charge on any atom is -0.340 e. The van der Waals surface area contributed by atoms with Crippen molar-refractivity contribution in [1.82, 2.24) is 14.5 Å². The van der Waals surface area contributed by atoms with Gasteiger partial charge in [-0.2, -0.15) is 4.31 Å². The van der Waals surface area contributed by atoms with E-state index in [1.54, 1.807) is 12.1 Å². The van der Waals surface area contributed by atoms with Crippen molar-refractivity contribution in [3.05, 3.63) is 29.8 Å².